The van der Waals surface area contributed by atoms with E-state index in [0.29, 0.717) is 11.4 Å². The van der Waals surface area contributed by atoms with Crippen molar-refractivity contribution in [2.75, 3.05) is 26.5 Å². The van der Waals surface area contributed by atoms with Gasteiger partial charge in [0.15, 0.2) is 40.7 Å². The summed E-state index contributed by atoms with van der Waals surface area (Å²) in [5.74, 6) is -1.39. The van der Waals surface area contributed by atoms with Crippen molar-refractivity contribution in [3.8, 4) is 22.5 Å². The first-order chi connectivity index (χ1) is 27.9. The highest BCUT2D eigenvalue weighted by Crippen LogP contribution is 2.53. The Bertz CT molecular complexity index is 2410. The molecule has 2 aromatic carbocycles. The quantitative estimate of drug-likeness (QED) is 0.0920. The number of carbonyl (C=O) groups is 2. The van der Waals surface area contributed by atoms with E-state index in [0.717, 1.165) is 22.5 Å². The first-order valence-corrected chi connectivity index (χ1v) is 24.9. The van der Waals surface area contributed by atoms with Crippen molar-refractivity contribution in [3.63, 3.8) is 0 Å². The molecule has 0 saturated heterocycles. The zero-order chi connectivity index (χ0) is 45.9. The first-order valence-electron chi connectivity index (χ1n) is 17.8. The number of hydrogen-bond donors (Lipinski definition) is 1. The van der Waals surface area contributed by atoms with Gasteiger partial charge in [0.05, 0.1) is 11.4 Å². The molecule has 61 heavy (non-hydrogen) atoms. The summed E-state index contributed by atoms with van der Waals surface area (Å²) in [6, 6.07) is 22.6. The highest BCUT2D eigenvalue weighted by atomic mass is 35.7. The molecule has 0 spiro atoms. The third-order valence-electron chi connectivity index (χ3n) is 8.16. The van der Waals surface area contributed by atoms with Gasteiger partial charge in [0.2, 0.25) is 6.49 Å². The molecule has 0 bridgehead atoms. The molecule has 2 aromatic heterocycles. The topological polar surface area (TPSA) is 136 Å². The van der Waals surface area contributed by atoms with Crippen molar-refractivity contribution in [1.29, 1.82) is 0 Å². The molecule has 2 aliphatic heterocycles. The van der Waals surface area contributed by atoms with Gasteiger partial charge in [-0.2, -0.15) is 36.5 Å². The predicted molar refractivity (Wildman–Crippen MR) is 226 cm³/mol. The van der Waals surface area contributed by atoms with Crippen LogP contribution in [0.25, 0.3) is 33.9 Å². The van der Waals surface area contributed by atoms with E-state index in [-0.39, 0.29) is 22.9 Å². The summed E-state index contributed by atoms with van der Waals surface area (Å²) < 4.78 is 99.8. The lowest BCUT2D eigenvalue weighted by Gasteiger charge is -2.26. The van der Waals surface area contributed by atoms with Crippen LogP contribution in [0.5, 0.6) is 0 Å². The Morgan fingerprint density at radius 1 is 0.721 bits per heavy atom. The Kier molecular flexibility index (Phi) is 15.3. The standard InChI is InChI=1S/C19H20F3N2O4PS.C16H16N2O3.C3H5ClF3OPS/c1-12-10-14(13-8-6-5-7-9-13)23-24(12)15-16(18(2,3)27-17(15)25)28-29(4,30)26-11-19(20,21)22;1-10-9-12(11-7-5-4-6-8-11)17-18(10)13-14(19)16(2,3)21-15(13)20;1-9(4,10)8-2-3(5,6)7/h5-10H,11H2,1-4H3;4-9,19H,1-3H3;2H2,1H3. The number of ether oxygens (including phenoxy) is 2. The Hall–Kier alpha value is -4.03. The smallest absolute Gasteiger partial charge is 0.412 e. The molecule has 2 aliphatic rings. The molecule has 2 atom stereocenters. The molecule has 6 rings (SSSR count). The second kappa shape index (κ2) is 18.8. The maximum atomic E-state index is 12.6. The largest absolute Gasteiger partial charge is 0.506 e. The van der Waals surface area contributed by atoms with Crippen molar-refractivity contribution in [3.05, 3.63) is 95.7 Å². The number of nitrogens with zero attached hydrogens (tertiary/aromatic N) is 4. The molecule has 12 nitrogen and oxygen atoms in total. The van der Waals surface area contributed by atoms with Crippen molar-refractivity contribution in [2.24, 2.45) is 0 Å². The Balaban J connectivity index is 0.000000228. The van der Waals surface area contributed by atoms with Crippen LogP contribution in [0.3, 0.4) is 0 Å². The number of esters is 2. The minimum atomic E-state index is -4.55. The molecule has 0 saturated carbocycles. The lowest BCUT2D eigenvalue weighted by molar-refractivity contribution is -0.153. The molecule has 332 valence electrons. The number of halogens is 7. The molecule has 4 aromatic rings. The number of alkyl halides is 6. The number of aliphatic hydroxyl groups excluding tert-OH is 1. The number of carbonyl (C=O) groups excluding carboxylic acids is 2. The summed E-state index contributed by atoms with van der Waals surface area (Å²) in [5.41, 5.74) is -0.391. The lowest BCUT2D eigenvalue weighted by Crippen LogP contribution is -2.24. The average molecular weight is 957 g/mol. The summed E-state index contributed by atoms with van der Waals surface area (Å²) in [4.78, 5) is 24.6. The van der Waals surface area contributed by atoms with Crippen molar-refractivity contribution >= 4 is 70.3 Å². The molecule has 2 unspecified atom stereocenters. The predicted octanol–water partition coefficient (Wildman–Crippen LogP) is 10.6. The molecule has 0 amide bonds. The van der Waals surface area contributed by atoms with Crippen LogP contribution in [0.15, 0.2) is 84.3 Å². The van der Waals surface area contributed by atoms with Crippen molar-refractivity contribution < 1.29 is 64.1 Å². The number of rotatable bonds is 10. The van der Waals surface area contributed by atoms with Crippen LogP contribution >= 0.6 is 23.3 Å². The van der Waals surface area contributed by atoms with Crippen LogP contribution in [-0.2, 0) is 56.2 Å². The molecule has 23 heteroatoms. The van der Waals surface area contributed by atoms with Crippen LogP contribution in [-0.4, -0.2) is 86.7 Å². The van der Waals surface area contributed by atoms with E-state index < -0.39 is 60.8 Å². The number of aromatic nitrogens is 4. The molecule has 0 aliphatic carbocycles. The van der Waals surface area contributed by atoms with E-state index in [9.17, 15) is 41.0 Å². The van der Waals surface area contributed by atoms with Crippen LogP contribution in [0.4, 0.5) is 26.3 Å². The van der Waals surface area contributed by atoms with E-state index in [1.54, 1.807) is 40.7 Å². The van der Waals surface area contributed by atoms with Gasteiger partial charge in [0, 0.05) is 35.8 Å². The molecule has 0 fully saturated rings. The molecule has 1 N–H and O–H groups in total. The van der Waals surface area contributed by atoms with Crippen molar-refractivity contribution in [2.45, 2.75) is 65.1 Å². The van der Waals surface area contributed by atoms with E-state index in [1.807, 2.05) is 73.7 Å². The van der Waals surface area contributed by atoms with Crippen molar-refractivity contribution in [1.82, 2.24) is 19.6 Å². The van der Waals surface area contributed by atoms with E-state index in [1.165, 1.54) is 22.7 Å². The molecular formula is C38H41ClF6N4O8P2S2. The van der Waals surface area contributed by atoms with Gasteiger partial charge in [-0.15, -0.1) is 0 Å². The fraction of sp³-hybridized carbons (Fsp3) is 0.368. The van der Waals surface area contributed by atoms with Gasteiger partial charge >= 0.3 is 24.3 Å². The summed E-state index contributed by atoms with van der Waals surface area (Å²) in [6.45, 7) is 6.23. The fourth-order valence-corrected chi connectivity index (χ4v) is 7.54. The van der Waals surface area contributed by atoms with Gasteiger partial charge < -0.3 is 28.2 Å². The number of cyclic esters (lactones) is 2. The van der Waals surface area contributed by atoms with E-state index in [4.69, 9.17) is 41.6 Å². The molecular weight excluding hydrogens is 916 g/mol. The monoisotopic (exact) mass is 956 g/mol. The Morgan fingerprint density at radius 3 is 1.49 bits per heavy atom. The highest BCUT2D eigenvalue weighted by molar-refractivity contribution is 8.24. The average Bonchev–Trinajstić information content (AvgIpc) is 3.82. The van der Waals surface area contributed by atoms with Gasteiger partial charge in [0.1, 0.15) is 12.2 Å². The van der Waals surface area contributed by atoms with E-state index >= 15 is 0 Å². The SMILES string of the molecule is CP(=S)(Cl)OCC(F)(F)F.Cc1cc(-c2ccccc2)nn1C1=C(O)C(C)(C)OC1=O.Cc1cc(-c2ccccc2)nn1C1=C(OP(C)(=S)OCC(F)(F)F)C(C)(C)OC1=O. The summed E-state index contributed by atoms with van der Waals surface area (Å²) in [6.07, 6.45) is -8.89. The Labute approximate surface area is 362 Å². The van der Waals surface area contributed by atoms with Crippen LogP contribution in [0.2, 0.25) is 0 Å². The summed E-state index contributed by atoms with van der Waals surface area (Å²) >= 11 is 14.8. The van der Waals surface area contributed by atoms with E-state index in [2.05, 4.69) is 26.5 Å². The summed E-state index contributed by atoms with van der Waals surface area (Å²) in [7, 11) is 0. The lowest BCUT2D eigenvalue weighted by atomic mass is 10.1. The van der Waals surface area contributed by atoms with Crippen LogP contribution < -0.4 is 0 Å². The first kappa shape index (κ1) is 49.6. The highest BCUT2D eigenvalue weighted by Gasteiger charge is 2.47. The van der Waals surface area contributed by atoms with Crippen LogP contribution in [0.1, 0.15) is 39.1 Å². The maximum absolute atomic E-state index is 12.6. The number of benzene rings is 2. The second-order valence-electron chi connectivity index (χ2n) is 14.5. The summed E-state index contributed by atoms with van der Waals surface area (Å²) in [5, 5.41) is 19.1. The van der Waals surface area contributed by atoms with Gasteiger partial charge in [-0.3, -0.25) is 0 Å². The normalized spacial score (nSPS) is 18.0. The van der Waals surface area contributed by atoms with Gasteiger partial charge in [-0.25, -0.2) is 19.0 Å². The minimum Gasteiger partial charge on any atom is -0.506 e. The maximum Gasteiger partial charge on any atom is 0.412 e. The number of hydrogen-bond acceptors (Lipinski definition) is 12. The van der Waals surface area contributed by atoms with Gasteiger partial charge in [0.25, 0.3) is 0 Å². The minimum absolute atomic E-state index is 0.00804. The van der Waals surface area contributed by atoms with Gasteiger partial charge in [-0.1, -0.05) is 83.7 Å². The fourth-order valence-electron chi connectivity index (χ4n) is 5.41. The number of aryl methyl sites for hydroxylation is 2. The third-order valence-corrected chi connectivity index (χ3v) is 11.0. The third kappa shape index (κ3) is 13.7. The second-order valence-corrected chi connectivity index (χ2v) is 24.8. The zero-order valence-corrected chi connectivity index (χ0v) is 38.0. The number of aliphatic hydroxyl groups is 1. The van der Waals surface area contributed by atoms with Crippen LogP contribution in [0, 0.1) is 13.8 Å². The van der Waals surface area contributed by atoms with Gasteiger partial charge in [-0.05, 0) is 65.5 Å². The molecule has 4 heterocycles. The zero-order valence-electron chi connectivity index (χ0n) is 33.8. The Morgan fingerprint density at radius 2 is 1.11 bits per heavy atom. The molecule has 0 radical (unpaired) electrons.